The minimum absolute atomic E-state index is 0.111. The van der Waals surface area contributed by atoms with Gasteiger partial charge >= 0.3 is 11.9 Å². The number of aliphatic hydroxyl groups excluding tert-OH is 1. The summed E-state index contributed by atoms with van der Waals surface area (Å²) in [5.74, 6) is 1.72. The van der Waals surface area contributed by atoms with Crippen LogP contribution in [0.25, 0.3) is 0 Å². The SMILES string of the molecule is CCCCC/C=C\C/C=C\CCCCCCCC(=O)OCC(CO)COC(=O)C[C@]12CC3CC(C[C@@H](C3)C1)C2. The van der Waals surface area contributed by atoms with Gasteiger partial charge in [-0.2, -0.15) is 0 Å². The lowest BCUT2D eigenvalue weighted by molar-refractivity contribution is -0.155. The van der Waals surface area contributed by atoms with Gasteiger partial charge in [-0.05, 0) is 100 Å². The minimum atomic E-state index is -0.348. The summed E-state index contributed by atoms with van der Waals surface area (Å²) in [4.78, 5) is 24.8. The van der Waals surface area contributed by atoms with E-state index in [1.807, 2.05) is 0 Å². The largest absolute Gasteiger partial charge is 0.465 e. The Bertz CT molecular complexity index is 734. The van der Waals surface area contributed by atoms with E-state index < -0.39 is 0 Å². The molecular formula is C34H56O5. The Morgan fingerprint density at radius 1 is 0.769 bits per heavy atom. The molecule has 4 rings (SSSR count). The highest BCUT2D eigenvalue weighted by Gasteiger charge is 2.51. The van der Waals surface area contributed by atoms with E-state index in [9.17, 15) is 14.7 Å². The molecule has 4 bridgehead atoms. The quantitative estimate of drug-likeness (QED) is 0.0898. The van der Waals surface area contributed by atoms with Crippen LogP contribution < -0.4 is 0 Å². The third kappa shape index (κ3) is 12.2. The van der Waals surface area contributed by atoms with Gasteiger partial charge in [0.1, 0.15) is 0 Å². The molecule has 0 spiro atoms. The number of esters is 2. The zero-order valence-electron chi connectivity index (χ0n) is 24.8. The fourth-order valence-electron chi connectivity index (χ4n) is 7.59. The molecule has 0 aromatic rings. The molecule has 1 atom stereocenters. The van der Waals surface area contributed by atoms with E-state index in [0.29, 0.717) is 12.8 Å². The van der Waals surface area contributed by atoms with E-state index in [4.69, 9.17) is 9.47 Å². The first-order valence-corrected chi connectivity index (χ1v) is 16.2. The zero-order valence-corrected chi connectivity index (χ0v) is 24.8. The summed E-state index contributed by atoms with van der Waals surface area (Å²) in [5.41, 5.74) is 0.161. The molecule has 5 nitrogen and oxygen atoms in total. The van der Waals surface area contributed by atoms with Gasteiger partial charge in [-0.3, -0.25) is 9.59 Å². The monoisotopic (exact) mass is 544 g/mol. The molecule has 0 aliphatic heterocycles. The number of carbonyl (C=O) groups excluding carboxylic acids is 2. The second kappa shape index (κ2) is 17.9. The number of rotatable bonds is 21. The molecule has 0 heterocycles. The van der Waals surface area contributed by atoms with Gasteiger partial charge < -0.3 is 14.6 Å². The Labute approximate surface area is 238 Å². The van der Waals surface area contributed by atoms with Gasteiger partial charge in [-0.25, -0.2) is 0 Å². The number of hydrogen-bond donors (Lipinski definition) is 1. The molecule has 0 saturated heterocycles. The van der Waals surface area contributed by atoms with Crippen molar-refractivity contribution < 1.29 is 24.2 Å². The third-order valence-electron chi connectivity index (χ3n) is 9.23. The van der Waals surface area contributed by atoms with Crippen LogP contribution >= 0.6 is 0 Å². The van der Waals surface area contributed by atoms with Crippen molar-refractivity contribution in [2.24, 2.45) is 29.1 Å². The summed E-state index contributed by atoms with van der Waals surface area (Å²) >= 11 is 0. The van der Waals surface area contributed by atoms with Crippen LogP contribution in [0.15, 0.2) is 24.3 Å². The molecule has 0 radical (unpaired) electrons. The van der Waals surface area contributed by atoms with Crippen LogP contribution in [0.5, 0.6) is 0 Å². The van der Waals surface area contributed by atoms with Crippen LogP contribution in [0, 0.1) is 29.1 Å². The molecule has 39 heavy (non-hydrogen) atoms. The molecule has 5 heteroatoms. The molecule has 0 amide bonds. The van der Waals surface area contributed by atoms with Crippen molar-refractivity contribution in [1.82, 2.24) is 0 Å². The Morgan fingerprint density at radius 3 is 1.90 bits per heavy atom. The Kier molecular flexibility index (Phi) is 14.7. The van der Waals surface area contributed by atoms with E-state index in [-0.39, 0.29) is 43.1 Å². The van der Waals surface area contributed by atoms with E-state index >= 15 is 0 Å². The Morgan fingerprint density at radius 2 is 1.31 bits per heavy atom. The molecule has 4 aliphatic carbocycles. The Balaban J connectivity index is 1.15. The van der Waals surface area contributed by atoms with Crippen molar-refractivity contribution in [3.63, 3.8) is 0 Å². The van der Waals surface area contributed by atoms with Crippen molar-refractivity contribution in [3.8, 4) is 0 Å². The lowest BCUT2D eigenvalue weighted by Crippen LogP contribution is -2.47. The van der Waals surface area contributed by atoms with Gasteiger partial charge in [0.15, 0.2) is 0 Å². The number of carbonyl (C=O) groups is 2. The van der Waals surface area contributed by atoms with Gasteiger partial charge in [0.2, 0.25) is 0 Å². The van der Waals surface area contributed by atoms with Crippen LogP contribution in [-0.2, 0) is 19.1 Å². The maximum absolute atomic E-state index is 12.6. The summed E-state index contributed by atoms with van der Waals surface area (Å²) in [6, 6.07) is 0. The molecule has 1 unspecified atom stereocenters. The van der Waals surface area contributed by atoms with Crippen LogP contribution in [0.4, 0.5) is 0 Å². The summed E-state index contributed by atoms with van der Waals surface area (Å²) in [7, 11) is 0. The lowest BCUT2D eigenvalue weighted by atomic mass is 9.49. The van der Waals surface area contributed by atoms with Crippen molar-refractivity contribution >= 4 is 11.9 Å². The van der Waals surface area contributed by atoms with Crippen LogP contribution in [0.2, 0.25) is 0 Å². The third-order valence-corrected chi connectivity index (χ3v) is 9.23. The summed E-state index contributed by atoms with van der Waals surface area (Å²) < 4.78 is 10.9. The highest BCUT2D eigenvalue weighted by molar-refractivity contribution is 5.70. The van der Waals surface area contributed by atoms with Gasteiger partial charge in [0.25, 0.3) is 0 Å². The van der Waals surface area contributed by atoms with E-state index in [1.54, 1.807) is 0 Å². The number of allylic oxidation sites excluding steroid dienone is 4. The topological polar surface area (TPSA) is 72.8 Å². The molecular weight excluding hydrogens is 488 g/mol. The zero-order chi connectivity index (χ0) is 27.8. The first-order chi connectivity index (χ1) is 19.0. The fourth-order valence-corrected chi connectivity index (χ4v) is 7.59. The predicted octanol–water partition coefficient (Wildman–Crippen LogP) is 8.10. The van der Waals surface area contributed by atoms with Crippen LogP contribution in [0.1, 0.15) is 129 Å². The van der Waals surface area contributed by atoms with E-state index in [2.05, 4.69) is 31.2 Å². The number of aliphatic hydroxyl groups is 1. The summed E-state index contributed by atoms with van der Waals surface area (Å²) in [6.07, 6.45) is 30.3. The van der Waals surface area contributed by atoms with Gasteiger partial charge in [-0.1, -0.05) is 63.3 Å². The van der Waals surface area contributed by atoms with Gasteiger partial charge in [0, 0.05) is 6.42 Å². The molecule has 4 saturated carbocycles. The van der Waals surface area contributed by atoms with Crippen LogP contribution in [-0.4, -0.2) is 36.9 Å². The first kappa shape index (κ1) is 31.9. The number of hydrogen-bond acceptors (Lipinski definition) is 5. The highest BCUT2D eigenvalue weighted by atomic mass is 16.5. The van der Waals surface area contributed by atoms with E-state index in [0.717, 1.165) is 49.9 Å². The minimum Gasteiger partial charge on any atom is -0.465 e. The molecule has 1 N–H and O–H groups in total. The lowest BCUT2D eigenvalue weighted by Gasteiger charge is -2.56. The van der Waals surface area contributed by atoms with E-state index in [1.165, 1.54) is 77.0 Å². The fraction of sp³-hybridized carbons (Fsp3) is 0.824. The van der Waals surface area contributed by atoms with Crippen molar-refractivity contribution in [2.45, 2.75) is 129 Å². The highest BCUT2D eigenvalue weighted by Crippen LogP contribution is 2.61. The first-order valence-electron chi connectivity index (χ1n) is 16.2. The molecule has 4 fully saturated rings. The van der Waals surface area contributed by atoms with Crippen molar-refractivity contribution in [3.05, 3.63) is 24.3 Å². The van der Waals surface area contributed by atoms with Crippen molar-refractivity contribution in [1.29, 1.82) is 0 Å². The maximum atomic E-state index is 12.6. The molecule has 0 aromatic carbocycles. The van der Waals surface area contributed by atoms with Crippen LogP contribution in [0.3, 0.4) is 0 Å². The predicted molar refractivity (Wildman–Crippen MR) is 157 cm³/mol. The van der Waals surface area contributed by atoms with Crippen molar-refractivity contribution in [2.75, 3.05) is 19.8 Å². The molecule has 222 valence electrons. The maximum Gasteiger partial charge on any atom is 0.306 e. The van der Waals surface area contributed by atoms with Gasteiger partial charge in [-0.15, -0.1) is 0 Å². The normalized spacial score (nSPS) is 26.5. The smallest absolute Gasteiger partial charge is 0.306 e. The summed E-state index contributed by atoms with van der Waals surface area (Å²) in [5, 5.41) is 9.68. The number of ether oxygens (including phenoxy) is 2. The average molecular weight is 545 g/mol. The summed E-state index contributed by atoms with van der Waals surface area (Å²) in [6.45, 7) is 2.32. The molecule has 4 aliphatic rings. The standard InChI is InChI=1S/C34H56O5/c1-2-3-4-5-6-7-8-9-10-11-12-13-14-15-16-17-32(36)38-26-31(25-35)27-39-33(37)24-34-21-28-18-29(22-34)20-30(19-28)23-34/h6-7,9-10,28-31,35H,2-5,8,11-27H2,1H3/b7-6-,10-9-/t28-,29?,30?,31?,34+. The second-order valence-corrected chi connectivity index (χ2v) is 13.0. The Hall–Kier alpha value is -1.62. The second-order valence-electron chi connectivity index (χ2n) is 13.0. The number of unbranched alkanes of at least 4 members (excludes halogenated alkanes) is 8. The average Bonchev–Trinajstić information content (AvgIpc) is 2.90. The van der Waals surface area contributed by atoms with Gasteiger partial charge in [0.05, 0.1) is 32.2 Å². The molecule has 0 aromatic heterocycles.